The third kappa shape index (κ3) is 4.16. The van der Waals surface area contributed by atoms with E-state index in [0.717, 1.165) is 21.9 Å². The number of hydrogen-bond donors (Lipinski definition) is 1. The minimum atomic E-state index is -0.361. The molecule has 0 bridgehead atoms. The van der Waals surface area contributed by atoms with Crippen molar-refractivity contribution < 1.29 is 9.32 Å². The molecule has 2 aromatic heterocycles. The Kier molecular flexibility index (Phi) is 5.33. The molecular formula is C23H22N4O2. The Morgan fingerprint density at radius 3 is 2.59 bits per heavy atom. The van der Waals surface area contributed by atoms with Gasteiger partial charge in [0, 0.05) is 18.0 Å². The molecule has 6 heteroatoms. The van der Waals surface area contributed by atoms with Crippen LogP contribution in [0, 0.1) is 5.92 Å². The number of hydrogen-bond acceptors (Lipinski definition) is 5. The number of nitrogens with one attached hydrogen (secondary N) is 1. The molecule has 0 radical (unpaired) electrons. The van der Waals surface area contributed by atoms with Crippen molar-refractivity contribution >= 4 is 16.7 Å². The zero-order valence-corrected chi connectivity index (χ0v) is 16.4. The zero-order valence-electron chi connectivity index (χ0n) is 16.4. The van der Waals surface area contributed by atoms with E-state index in [1.54, 1.807) is 12.4 Å². The predicted molar refractivity (Wildman–Crippen MR) is 111 cm³/mol. The first kappa shape index (κ1) is 18.8. The van der Waals surface area contributed by atoms with Crippen molar-refractivity contribution in [3.05, 3.63) is 78.4 Å². The molecule has 2 heterocycles. The van der Waals surface area contributed by atoms with Gasteiger partial charge in [-0.3, -0.25) is 9.78 Å². The molecule has 0 saturated carbocycles. The fourth-order valence-corrected chi connectivity index (χ4v) is 3.34. The minimum absolute atomic E-state index is 0.0799. The molecule has 29 heavy (non-hydrogen) atoms. The summed E-state index contributed by atoms with van der Waals surface area (Å²) in [6.45, 7) is 4.03. The van der Waals surface area contributed by atoms with E-state index >= 15 is 0 Å². The van der Waals surface area contributed by atoms with Gasteiger partial charge in [0.2, 0.25) is 17.6 Å². The van der Waals surface area contributed by atoms with Gasteiger partial charge in [-0.2, -0.15) is 4.98 Å². The van der Waals surface area contributed by atoms with Gasteiger partial charge in [0.1, 0.15) is 6.04 Å². The topological polar surface area (TPSA) is 80.9 Å². The molecule has 1 N–H and O–H groups in total. The number of nitrogens with zero attached hydrogens (tertiary/aromatic N) is 3. The lowest BCUT2D eigenvalue weighted by Gasteiger charge is -2.18. The van der Waals surface area contributed by atoms with Crippen LogP contribution in [0.3, 0.4) is 0 Å². The molecule has 0 saturated heterocycles. The Hall–Kier alpha value is -3.54. The summed E-state index contributed by atoms with van der Waals surface area (Å²) in [6, 6.07) is 17.4. The van der Waals surface area contributed by atoms with Crippen molar-refractivity contribution in [2.75, 3.05) is 0 Å². The summed E-state index contributed by atoms with van der Waals surface area (Å²) in [6.07, 6.45) is 3.64. The van der Waals surface area contributed by atoms with Gasteiger partial charge in [0.15, 0.2) is 0 Å². The minimum Gasteiger partial charge on any atom is -0.344 e. The Morgan fingerprint density at radius 1 is 1.03 bits per heavy atom. The average Bonchev–Trinajstić information content (AvgIpc) is 3.22. The summed E-state index contributed by atoms with van der Waals surface area (Å²) in [7, 11) is 0. The van der Waals surface area contributed by atoms with E-state index in [-0.39, 0.29) is 24.3 Å². The number of aromatic nitrogens is 3. The second-order valence-corrected chi connectivity index (χ2v) is 7.30. The lowest BCUT2D eigenvalue weighted by atomic mass is 10.0. The van der Waals surface area contributed by atoms with Crippen LogP contribution in [0.5, 0.6) is 0 Å². The fourth-order valence-electron chi connectivity index (χ4n) is 3.34. The first-order chi connectivity index (χ1) is 14.1. The largest absolute Gasteiger partial charge is 0.344 e. The summed E-state index contributed by atoms with van der Waals surface area (Å²) in [5.41, 5.74) is 1.81. The number of benzene rings is 2. The number of carbonyl (C=O) groups is 1. The average molecular weight is 386 g/mol. The first-order valence-electron chi connectivity index (χ1n) is 9.62. The summed E-state index contributed by atoms with van der Waals surface area (Å²) in [4.78, 5) is 21.3. The van der Waals surface area contributed by atoms with Crippen LogP contribution in [0.25, 0.3) is 22.2 Å². The van der Waals surface area contributed by atoms with E-state index in [9.17, 15) is 4.79 Å². The predicted octanol–water partition coefficient (Wildman–Crippen LogP) is 4.34. The van der Waals surface area contributed by atoms with Crippen molar-refractivity contribution in [3.8, 4) is 11.4 Å². The van der Waals surface area contributed by atoms with Gasteiger partial charge in [-0.25, -0.2) is 0 Å². The molecule has 4 rings (SSSR count). The number of amides is 1. The van der Waals surface area contributed by atoms with E-state index in [4.69, 9.17) is 4.52 Å². The smallest absolute Gasteiger partial charge is 0.249 e. The van der Waals surface area contributed by atoms with Crippen molar-refractivity contribution in [2.24, 2.45) is 5.92 Å². The van der Waals surface area contributed by atoms with E-state index in [1.807, 2.05) is 68.4 Å². The Balaban J connectivity index is 1.53. The second kappa shape index (κ2) is 8.22. The van der Waals surface area contributed by atoms with Gasteiger partial charge in [-0.1, -0.05) is 61.5 Å². The van der Waals surface area contributed by atoms with Gasteiger partial charge in [-0.15, -0.1) is 0 Å². The van der Waals surface area contributed by atoms with Crippen LogP contribution in [-0.4, -0.2) is 21.0 Å². The molecule has 1 atom stereocenters. The van der Waals surface area contributed by atoms with Gasteiger partial charge >= 0.3 is 0 Å². The highest BCUT2D eigenvalue weighted by Gasteiger charge is 2.25. The monoisotopic (exact) mass is 386 g/mol. The third-order valence-corrected chi connectivity index (χ3v) is 4.86. The van der Waals surface area contributed by atoms with Crippen molar-refractivity contribution in [1.29, 1.82) is 0 Å². The van der Waals surface area contributed by atoms with Crippen LogP contribution < -0.4 is 5.32 Å². The highest BCUT2D eigenvalue weighted by Crippen LogP contribution is 2.24. The van der Waals surface area contributed by atoms with E-state index in [2.05, 4.69) is 20.4 Å². The van der Waals surface area contributed by atoms with Crippen molar-refractivity contribution in [1.82, 2.24) is 20.4 Å². The van der Waals surface area contributed by atoms with Gasteiger partial charge in [0.25, 0.3) is 0 Å². The van der Waals surface area contributed by atoms with E-state index in [1.165, 1.54) is 0 Å². The normalized spacial score (nSPS) is 12.2. The van der Waals surface area contributed by atoms with Crippen LogP contribution in [-0.2, 0) is 11.2 Å². The second-order valence-electron chi connectivity index (χ2n) is 7.30. The van der Waals surface area contributed by atoms with Crippen LogP contribution in [0.1, 0.15) is 31.3 Å². The molecule has 0 spiro atoms. The highest BCUT2D eigenvalue weighted by molar-refractivity contribution is 5.90. The maximum atomic E-state index is 12.8. The molecular weight excluding hydrogens is 364 g/mol. The molecule has 1 amide bonds. The van der Waals surface area contributed by atoms with Crippen molar-refractivity contribution in [2.45, 2.75) is 26.3 Å². The third-order valence-electron chi connectivity index (χ3n) is 4.86. The molecule has 4 aromatic rings. The Labute approximate surface area is 169 Å². The van der Waals surface area contributed by atoms with Crippen molar-refractivity contribution in [3.63, 3.8) is 0 Å². The van der Waals surface area contributed by atoms with E-state index in [0.29, 0.717) is 11.7 Å². The maximum Gasteiger partial charge on any atom is 0.249 e. The van der Waals surface area contributed by atoms with Crippen LogP contribution in [0.15, 0.2) is 71.5 Å². The van der Waals surface area contributed by atoms with Crippen LogP contribution in [0.4, 0.5) is 0 Å². The fraction of sp³-hybridized carbons (Fsp3) is 0.217. The summed E-state index contributed by atoms with van der Waals surface area (Å²) >= 11 is 0. The quantitative estimate of drug-likeness (QED) is 0.533. The number of pyridine rings is 1. The first-order valence-corrected chi connectivity index (χ1v) is 9.62. The summed E-state index contributed by atoms with van der Waals surface area (Å²) < 4.78 is 5.47. The SMILES string of the molecule is CC(C)C(NC(=O)Cc1cccc2ccccc12)c1nc(-c2ccncc2)no1. The molecule has 2 aromatic carbocycles. The number of carbonyl (C=O) groups excluding carboxylic acids is 1. The summed E-state index contributed by atoms with van der Waals surface area (Å²) in [5, 5.41) is 9.33. The van der Waals surface area contributed by atoms with Gasteiger partial charge in [-0.05, 0) is 34.4 Å². The van der Waals surface area contributed by atoms with Gasteiger partial charge in [0.05, 0.1) is 6.42 Å². The van der Waals surface area contributed by atoms with Gasteiger partial charge < -0.3 is 9.84 Å². The molecule has 0 fully saturated rings. The Bertz CT molecular complexity index is 1120. The molecule has 0 aliphatic rings. The maximum absolute atomic E-state index is 12.8. The molecule has 6 nitrogen and oxygen atoms in total. The van der Waals surface area contributed by atoms with E-state index < -0.39 is 0 Å². The number of fused-ring (bicyclic) bond motifs is 1. The number of rotatable bonds is 6. The Morgan fingerprint density at radius 2 is 1.79 bits per heavy atom. The zero-order chi connectivity index (χ0) is 20.2. The molecule has 0 aliphatic heterocycles. The molecule has 1 unspecified atom stereocenters. The highest BCUT2D eigenvalue weighted by atomic mass is 16.5. The molecule has 0 aliphatic carbocycles. The van der Waals surface area contributed by atoms with Crippen LogP contribution >= 0.6 is 0 Å². The lowest BCUT2D eigenvalue weighted by Crippen LogP contribution is -2.33. The summed E-state index contributed by atoms with van der Waals surface area (Å²) in [5.74, 6) is 0.898. The van der Waals surface area contributed by atoms with Crippen LogP contribution in [0.2, 0.25) is 0 Å². The lowest BCUT2D eigenvalue weighted by molar-refractivity contribution is -0.121. The molecule has 146 valence electrons. The standard InChI is InChI=1S/C23H22N4O2/c1-15(2)21(23-26-22(27-29-23)17-10-12-24-13-11-17)25-20(28)14-18-8-5-7-16-6-3-4-9-19(16)18/h3-13,15,21H,14H2,1-2H3,(H,25,28).